The molecule has 3 aromatic rings. The summed E-state index contributed by atoms with van der Waals surface area (Å²) in [7, 11) is 1.12. The van der Waals surface area contributed by atoms with Crippen LogP contribution in [0.1, 0.15) is 60.2 Å². The summed E-state index contributed by atoms with van der Waals surface area (Å²) in [6, 6.07) is 4.84. The van der Waals surface area contributed by atoms with Crippen LogP contribution in [0.3, 0.4) is 0 Å². The highest BCUT2D eigenvalue weighted by Crippen LogP contribution is 2.58. The molecule has 3 N–H and O–H groups in total. The molecule has 2 aromatic heterocycles. The molecule has 0 unspecified atom stereocenters. The van der Waals surface area contributed by atoms with Gasteiger partial charge in [0.1, 0.15) is 12.2 Å². The second-order valence-electron chi connectivity index (χ2n) is 9.44. The van der Waals surface area contributed by atoms with Gasteiger partial charge >= 0.3 is 6.18 Å². The molecule has 2 aliphatic rings. The molecule has 1 aromatic carbocycles. The number of hydrogen-bond donors (Lipinski definition) is 2. The smallest absolute Gasteiger partial charge is 0.377 e. The highest BCUT2D eigenvalue weighted by molar-refractivity contribution is 5.80. The van der Waals surface area contributed by atoms with Crippen molar-refractivity contribution in [3.63, 3.8) is 0 Å². The van der Waals surface area contributed by atoms with E-state index in [1.54, 1.807) is 0 Å². The normalized spacial score (nSPS) is 26.6. The van der Waals surface area contributed by atoms with Crippen LogP contribution in [0.5, 0.6) is 0 Å². The lowest BCUT2D eigenvalue weighted by Crippen LogP contribution is -2.51. The van der Waals surface area contributed by atoms with Gasteiger partial charge in [0, 0.05) is 37.5 Å². The zero-order valence-electron chi connectivity index (χ0n) is 19.5. The minimum atomic E-state index is -4.87. The average Bonchev–Trinajstić information content (AvgIpc) is 3.61. The third-order valence-corrected chi connectivity index (χ3v) is 7.24. The molecule has 0 radical (unpaired) electrons. The fourth-order valence-electron chi connectivity index (χ4n) is 5.34. The van der Waals surface area contributed by atoms with Crippen LogP contribution in [0.4, 0.5) is 22.0 Å². The summed E-state index contributed by atoms with van der Waals surface area (Å²) in [5.74, 6) is -3.68. The van der Waals surface area contributed by atoms with E-state index in [-0.39, 0.29) is 34.7 Å². The van der Waals surface area contributed by atoms with Crippen LogP contribution in [0.2, 0.25) is 0 Å². The molecule has 1 aliphatic heterocycles. The summed E-state index contributed by atoms with van der Waals surface area (Å²) in [5.41, 5.74) is 3.28. The second kappa shape index (κ2) is 8.60. The number of alkyl halides is 3. The molecule has 3 heterocycles. The number of halogens is 5. The van der Waals surface area contributed by atoms with Gasteiger partial charge in [0.2, 0.25) is 0 Å². The van der Waals surface area contributed by atoms with Crippen molar-refractivity contribution in [2.75, 3.05) is 7.11 Å². The number of methoxy groups -OCH3 is 1. The Morgan fingerprint density at radius 1 is 1.25 bits per heavy atom. The lowest BCUT2D eigenvalue weighted by molar-refractivity contribution is -0.286. The number of nitrogens with one attached hydrogen (secondary N) is 1. The third kappa shape index (κ3) is 3.72. The monoisotopic (exact) mass is 509 g/mol. The first-order valence-electron chi connectivity index (χ1n) is 11.5. The molecule has 0 spiro atoms. The summed E-state index contributed by atoms with van der Waals surface area (Å²) < 4.78 is 83.4. The maximum Gasteiger partial charge on any atom is 0.419 e. The van der Waals surface area contributed by atoms with E-state index in [0.717, 1.165) is 26.2 Å². The predicted molar refractivity (Wildman–Crippen MR) is 120 cm³/mol. The van der Waals surface area contributed by atoms with Crippen LogP contribution in [0.25, 0.3) is 10.9 Å². The van der Waals surface area contributed by atoms with E-state index < -0.39 is 47.0 Å². The predicted octanol–water partition coefficient (Wildman–Crippen LogP) is 4.73. The largest absolute Gasteiger partial charge is 0.419 e. The van der Waals surface area contributed by atoms with Crippen molar-refractivity contribution in [3.8, 4) is 0 Å². The SMILES string of the molecule is CO[C@H]1[C@@H](c2ccc(F)c(F)c2C2CC2)[C@@H](c2cc(=O)c3c(CN)nccc3[nH]2)O[C@@]1(C)C(F)(F)F. The van der Waals surface area contributed by atoms with E-state index in [4.69, 9.17) is 15.2 Å². The van der Waals surface area contributed by atoms with Gasteiger partial charge in [-0.15, -0.1) is 0 Å². The maximum absolute atomic E-state index is 15.0. The van der Waals surface area contributed by atoms with Gasteiger partial charge in [-0.2, -0.15) is 13.2 Å². The molecule has 192 valence electrons. The van der Waals surface area contributed by atoms with Crippen molar-refractivity contribution in [3.05, 3.63) is 74.8 Å². The van der Waals surface area contributed by atoms with Gasteiger partial charge in [-0.05, 0) is 48.9 Å². The van der Waals surface area contributed by atoms with E-state index >= 15 is 0 Å². The van der Waals surface area contributed by atoms with Gasteiger partial charge in [0.25, 0.3) is 0 Å². The maximum atomic E-state index is 15.0. The molecule has 6 nitrogen and oxygen atoms in total. The zero-order chi connectivity index (χ0) is 26.0. The van der Waals surface area contributed by atoms with Gasteiger partial charge in [-0.3, -0.25) is 9.78 Å². The first-order valence-corrected chi connectivity index (χ1v) is 11.5. The Hall–Kier alpha value is -2.89. The van der Waals surface area contributed by atoms with Crippen molar-refractivity contribution < 1.29 is 31.4 Å². The van der Waals surface area contributed by atoms with Gasteiger partial charge in [0.05, 0.1) is 16.6 Å². The lowest BCUT2D eigenvalue weighted by atomic mass is 9.79. The average molecular weight is 509 g/mol. The molecule has 1 aliphatic carbocycles. The summed E-state index contributed by atoms with van der Waals surface area (Å²) in [6.45, 7) is 0.847. The van der Waals surface area contributed by atoms with Crippen molar-refractivity contribution in [2.45, 2.75) is 62.1 Å². The van der Waals surface area contributed by atoms with Crippen LogP contribution in [-0.4, -0.2) is 35.0 Å². The van der Waals surface area contributed by atoms with Crippen molar-refractivity contribution in [2.24, 2.45) is 5.73 Å². The molecule has 0 amide bonds. The Morgan fingerprint density at radius 3 is 2.58 bits per heavy atom. The number of pyridine rings is 2. The number of hydrogen-bond acceptors (Lipinski definition) is 5. The number of ether oxygens (including phenoxy) is 2. The minimum Gasteiger partial charge on any atom is -0.377 e. The van der Waals surface area contributed by atoms with E-state index in [9.17, 15) is 26.7 Å². The first-order chi connectivity index (χ1) is 17.0. The molecule has 0 bridgehead atoms. The number of fused-ring (bicyclic) bond motifs is 1. The number of H-pyrrole nitrogens is 1. The number of nitrogens with zero attached hydrogens (tertiary/aromatic N) is 1. The van der Waals surface area contributed by atoms with Gasteiger partial charge in [0.15, 0.2) is 22.7 Å². The molecule has 36 heavy (non-hydrogen) atoms. The Kier molecular flexibility index (Phi) is 5.92. The van der Waals surface area contributed by atoms with Crippen molar-refractivity contribution >= 4 is 10.9 Å². The highest BCUT2D eigenvalue weighted by Gasteiger charge is 2.67. The van der Waals surface area contributed by atoms with E-state index in [1.807, 2.05) is 0 Å². The molecule has 4 atom stereocenters. The third-order valence-electron chi connectivity index (χ3n) is 7.24. The standard InChI is InChI=1S/C25H24F5N3O3/c1-24(25(28,29)30)23(35-2)19(12-5-6-13(26)21(27)18(12)11-3-4-11)22(36-24)15-9-17(34)20-14(33-15)7-8-32-16(20)10-31/h5-9,11,19,22-23H,3-4,10,31H2,1-2H3,(H,33,34)/t19-,22+,23-,24+/m0/s1. The molecule has 1 saturated carbocycles. The van der Waals surface area contributed by atoms with Crippen LogP contribution in [0, 0.1) is 11.6 Å². The Balaban J connectivity index is 1.75. The Morgan fingerprint density at radius 2 is 1.97 bits per heavy atom. The number of benzene rings is 1. The number of aromatic amines is 1. The van der Waals surface area contributed by atoms with Gasteiger partial charge in [-0.1, -0.05) is 6.07 Å². The second-order valence-corrected chi connectivity index (χ2v) is 9.44. The number of aromatic nitrogens is 2. The fraction of sp³-hybridized carbons (Fsp3) is 0.440. The van der Waals surface area contributed by atoms with Gasteiger partial charge in [-0.25, -0.2) is 8.78 Å². The Labute approximate surface area is 202 Å². The summed E-state index contributed by atoms with van der Waals surface area (Å²) >= 11 is 0. The van der Waals surface area contributed by atoms with E-state index in [0.29, 0.717) is 24.1 Å². The Bertz CT molecular complexity index is 1390. The van der Waals surface area contributed by atoms with Gasteiger partial charge < -0.3 is 20.2 Å². The lowest BCUT2D eigenvalue weighted by Gasteiger charge is -2.33. The minimum absolute atomic E-state index is 0.0141. The topological polar surface area (TPSA) is 90.2 Å². The van der Waals surface area contributed by atoms with Crippen LogP contribution >= 0.6 is 0 Å². The molecular weight excluding hydrogens is 485 g/mol. The van der Waals surface area contributed by atoms with E-state index in [1.165, 1.54) is 18.3 Å². The fourth-order valence-corrected chi connectivity index (χ4v) is 5.34. The molecule has 11 heteroatoms. The number of nitrogens with two attached hydrogens (primary N) is 1. The summed E-state index contributed by atoms with van der Waals surface area (Å²) in [4.78, 5) is 20.1. The van der Waals surface area contributed by atoms with Crippen LogP contribution in [-0.2, 0) is 16.0 Å². The molecule has 1 saturated heterocycles. The number of rotatable bonds is 5. The molecule has 2 fully saturated rings. The van der Waals surface area contributed by atoms with Crippen molar-refractivity contribution in [1.82, 2.24) is 9.97 Å². The quantitative estimate of drug-likeness (QED) is 0.486. The first kappa shape index (κ1) is 24.8. The van der Waals surface area contributed by atoms with Crippen molar-refractivity contribution in [1.29, 1.82) is 0 Å². The van der Waals surface area contributed by atoms with Crippen LogP contribution < -0.4 is 11.2 Å². The molecular formula is C25H24F5N3O3. The van der Waals surface area contributed by atoms with Crippen LogP contribution in [0.15, 0.2) is 35.3 Å². The summed E-state index contributed by atoms with van der Waals surface area (Å²) in [5, 5.41) is 0.215. The van der Waals surface area contributed by atoms with E-state index in [2.05, 4.69) is 9.97 Å². The zero-order valence-corrected chi connectivity index (χ0v) is 19.5. The molecule has 5 rings (SSSR count). The summed E-state index contributed by atoms with van der Waals surface area (Å²) in [6.07, 6.45) is -5.26. The highest BCUT2D eigenvalue weighted by atomic mass is 19.4.